The molecule has 2 N–H and O–H groups in total. The number of hydrogen-bond acceptors (Lipinski definition) is 3. The Hall–Kier alpha value is -2.29. The first kappa shape index (κ1) is 23.4. The number of halogens is 5. The number of para-hydroxylation sites is 1. The summed E-state index contributed by atoms with van der Waals surface area (Å²) in [5.41, 5.74) is -0.457. The van der Waals surface area contributed by atoms with E-state index in [0.717, 1.165) is 22.6 Å². The first-order valence-corrected chi connectivity index (χ1v) is 10.2. The number of alkyl halides is 3. The molecule has 5 nitrogen and oxygen atoms in total. The van der Waals surface area contributed by atoms with Crippen molar-refractivity contribution in [2.75, 3.05) is 18.0 Å². The van der Waals surface area contributed by atoms with Gasteiger partial charge in [0.1, 0.15) is 6.10 Å². The van der Waals surface area contributed by atoms with Crippen LogP contribution in [0.5, 0.6) is 0 Å². The van der Waals surface area contributed by atoms with Gasteiger partial charge in [0.15, 0.2) is 0 Å². The molecule has 2 amide bonds. The SMILES string of the molecule is O=C(NCCCc1ccc(Cl)c(Cl)c1)C1CN(c2ccccc2C(F)(F)F)C(=O)C1O. The van der Waals surface area contributed by atoms with Crippen molar-refractivity contribution in [3.63, 3.8) is 0 Å². The summed E-state index contributed by atoms with van der Waals surface area (Å²) in [6.45, 7) is -0.0820. The second-order valence-corrected chi connectivity index (χ2v) is 7.97. The van der Waals surface area contributed by atoms with Crippen molar-refractivity contribution in [1.29, 1.82) is 0 Å². The molecule has 1 fully saturated rings. The molecule has 3 rings (SSSR count). The molecule has 0 saturated carbocycles. The molecule has 2 aromatic rings. The number of aliphatic hydroxyl groups is 1. The molecule has 2 aromatic carbocycles. The Bertz CT molecular complexity index is 985. The zero-order valence-corrected chi connectivity index (χ0v) is 17.6. The maximum absolute atomic E-state index is 13.3. The Kier molecular flexibility index (Phi) is 7.13. The summed E-state index contributed by atoms with van der Waals surface area (Å²) in [6, 6.07) is 9.77. The highest BCUT2D eigenvalue weighted by Crippen LogP contribution is 2.38. The lowest BCUT2D eigenvalue weighted by atomic mass is 10.0. The summed E-state index contributed by atoms with van der Waals surface area (Å²) in [6.07, 6.45) is -5.22. The fourth-order valence-corrected chi connectivity index (χ4v) is 3.76. The molecule has 1 heterocycles. The largest absolute Gasteiger partial charge is 0.418 e. The van der Waals surface area contributed by atoms with Crippen LogP contribution < -0.4 is 10.2 Å². The van der Waals surface area contributed by atoms with Gasteiger partial charge in [0.05, 0.1) is 27.2 Å². The number of nitrogens with zero attached hydrogens (tertiary/aromatic N) is 1. The normalized spacial score (nSPS) is 19.0. The minimum absolute atomic E-state index is 0.260. The highest BCUT2D eigenvalue weighted by molar-refractivity contribution is 6.42. The van der Waals surface area contributed by atoms with Gasteiger partial charge < -0.3 is 15.3 Å². The summed E-state index contributed by atoms with van der Waals surface area (Å²) in [7, 11) is 0. The maximum atomic E-state index is 13.3. The van der Waals surface area contributed by atoms with E-state index in [4.69, 9.17) is 23.2 Å². The lowest BCUT2D eigenvalue weighted by Crippen LogP contribution is -2.38. The van der Waals surface area contributed by atoms with Gasteiger partial charge in [0.25, 0.3) is 5.91 Å². The second-order valence-electron chi connectivity index (χ2n) is 7.16. The molecule has 1 aliphatic heterocycles. The molecule has 1 saturated heterocycles. The lowest BCUT2D eigenvalue weighted by molar-refractivity contribution is -0.137. The standard InChI is InChI=1S/C21H19Cl2F3N2O3/c22-15-8-7-12(10-16(15)23)4-3-9-27-19(30)13-11-28(20(31)18(13)29)17-6-2-1-5-14(17)21(24,25)26/h1-2,5-8,10,13,18,29H,3-4,9,11H2,(H,27,30). The van der Waals surface area contributed by atoms with E-state index in [9.17, 15) is 27.9 Å². The van der Waals surface area contributed by atoms with Gasteiger partial charge in [-0.25, -0.2) is 0 Å². The highest BCUT2D eigenvalue weighted by Gasteiger charge is 2.46. The third-order valence-corrected chi connectivity index (χ3v) is 5.78. The number of hydrogen-bond donors (Lipinski definition) is 2. The zero-order valence-electron chi connectivity index (χ0n) is 16.1. The third-order valence-electron chi connectivity index (χ3n) is 5.04. The first-order valence-electron chi connectivity index (χ1n) is 9.47. The summed E-state index contributed by atoms with van der Waals surface area (Å²) in [5.74, 6) is -2.70. The van der Waals surface area contributed by atoms with Gasteiger partial charge in [-0.15, -0.1) is 0 Å². The number of rotatable bonds is 6. The van der Waals surface area contributed by atoms with Crippen LogP contribution in [0, 0.1) is 5.92 Å². The van der Waals surface area contributed by atoms with Crippen LogP contribution in [0.15, 0.2) is 42.5 Å². The average Bonchev–Trinajstić information content (AvgIpc) is 3.02. The van der Waals surface area contributed by atoms with Crippen LogP contribution in [0.25, 0.3) is 0 Å². The monoisotopic (exact) mass is 474 g/mol. The van der Waals surface area contributed by atoms with Crippen molar-refractivity contribution in [1.82, 2.24) is 5.32 Å². The zero-order chi connectivity index (χ0) is 22.8. The maximum Gasteiger partial charge on any atom is 0.418 e. The molecule has 0 bridgehead atoms. The van der Waals surface area contributed by atoms with Crippen molar-refractivity contribution >= 4 is 40.7 Å². The van der Waals surface area contributed by atoms with E-state index in [2.05, 4.69) is 5.32 Å². The molecule has 2 unspecified atom stereocenters. The molecule has 0 radical (unpaired) electrons. The number of amides is 2. The minimum atomic E-state index is -4.67. The lowest BCUT2D eigenvalue weighted by Gasteiger charge is -2.21. The van der Waals surface area contributed by atoms with Crippen LogP contribution in [0.4, 0.5) is 18.9 Å². The van der Waals surface area contributed by atoms with Crippen LogP contribution >= 0.6 is 23.2 Å². The molecule has 31 heavy (non-hydrogen) atoms. The summed E-state index contributed by atoms with van der Waals surface area (Å²) in [4.78, 5) is 25.7. The van der Waals surface area contributed by atoms with E-state index in [1.807, 2.05) is 6.07 Å². The Morgan fingerprint density at radius 1 is 1.16 bits per heavy atom. The quantitative estimate of drug-likeness (QED) is 0.619. The molecule has 2 atom stereocenters. The molecule has 0 aliphatic carbocycles. The number of aliphatic hydroxyl groups excluding tert-OH is 1. The minimum Gasteiger partial charge on any atom is -0.382 e. The van der Waals surface area contributed by atoms with Crippen LogP contribution in [-0.2, 0) is 22.2 Å². The van der Waals surface area contributed by atoms with Crippen LogP contribution in [0.1, 0.15) is 17.5 Å². The van der Waals surface area contributed by atoms with Gasteiger partial charge in [0.2, 0.25) is 5.91 Å². The van der Waals surface area contributed by atoms with Crippen LogP contribution in [0.2, 0.25) is 10.0 Å². The fraction of sp³-hybridized carbons (Fsp3) is 0.333. The van der Waals surface area contributed by atoms with Gasteiger partial charge in [-0.05, 0) is 42.7 Å². The molecule has 1 aliphatic rings. The van der Waals surface area contributed by atoms with E-state index in [-0.39, 0.29) is 18.8 Å². The van der Waals surface area contributed by atoms with Gasteiger partial charge >= 0.3 is 6.18 Å². The number of carbonyl (C=O) groups is 2. The second kappa shape index (κ2) is 9.46. The van der Waals surface area contributed by atoms with Gasteiger partial charge in [-0.2, -0.15) is 13.2 Å². The molecular formula is C21H19Cl2F3N2O3. The molecule has 10 heteroatoms. The highest BCUT2D eigenvalue weighted by atomic mass is 35.5. The molecule has 0 aromatic heterocycles. The van der Waals surface area contributed by atoms with E-state index >= 15 is 0 Å². The van der Waals surface area contributed by atoms with Gasteiger partial charge in [-0.3, -0.25) is 9.59 Å². The Morgan fingerprint density at radius 3 is 2.55 bits per heavy atom. The van der Waals surface area contributed by atoms with E-state index in [1.165, 1.54) is 12.1 Å². The summed E-state index contributed by atoms with van der Waals surface area (Å²) < 4.78 is 39.8. The predicted octanol–water partition coefficient (Wildman–Crippen LogP) is 4.08. The number of aryl methyl sites for hydroxylation is 1. The molecule has 166 valence electrons. The Labute approximate surface area is 186 Å². The Balaban J connectivity index is 1.60. The van der Waals surface area contributed by atoms with Crippen molar-refractivity contribution in [2.45, 2.75) is 25.1 Å². The number of anilines is 1. The number of benzene rings is 2. The average molecular weight is 475 g/mol. The summed E-state index contributed by atoms with van der Waals surface area (Å²) >= 11 is 11.8. The van der Waals surface area contributed by atoms with Crippen LogP contribution in [-0.4, -0.2) is 36.1 Å². The van der Waals surface area contributed by atoms with Gasteiger partial charge in [0, 0.05) is 13.1 Å². The Morgan fingerprint density at radius 2 is 1.87 bits per heavy atom. The van der Waals surface area contributed by atoms with Crippen molar-refractivity contribution in [3.05, 3.63) is 63.6 Å². The summed E-state index contributed by atoms with van der Waals surface area (Å²) in [5, 5.41) is 13.7. The molecule has 0 spiro atoms. The number of nitrogens with one attached hydrogen (secondary N) is 1. The van der Waals surface area contributed by atoms with Crippen molar-refractivity contribution < 1.29 is 27.9 Å². The fourth-order valence-electron chi connectivity index (χ4n) is 3.44. The number of carbonyl (C=O) groups excluding carboxylic acids is 2. The predicted molar refractivity (Wildman–Crippen MR) is 111 cm³/mol. The van der Waals surface area contributed by atoms with Gasteiger partial charge in [-0.1, -0.05) is 41.4 Å². The smallest absolute Gasteiger partial charge is 0.382 e. The topological polar surface area (TPSA) is 69.6 Å². The van der Waals surface area contributed by atoms with E-state index in [0.29, 0.717) is 22.9 Å². The van der Waals surface area contributed by atoms with Crippen LogP contribution in [0.3, 0.4) is 0 Å². The van der Waals surface area contributed by atoms with E-state index in [1.54, 1.807) is 12.1 Å². The van der Waals surface area contributed by atoms with Crippen molar-refractivity contribution in [3.8, 4) is 0 Å². The third kappa shape index (κ3) is 5.31. The first-order chi connectivity index (χ1) is 14.6. The molecular weight excluding hydrogens is 456 g/mol. The van der Waals surface area contributed by atoms with Crippen molar-refractivity contribution in [2.24, 2.45) is 5.92 Å². The van der Waals surface area contributed by atoms with E-state index < -0.39 is 35.6 Å².